The summed E-state index contributed by atoms with van der Waals surface area (Å²) in [5.74, 6) is -0.530. The lowest BCUT2D eigenvalue weighted by molar-refractivity contribution is -0.146. The monoisotopic (exact) mass is 257 g/mol. The standard InChI is InChI=1S/C12H19NO5/c1-18-12(17)13-6-7-2-3-9(14)4-8(7)5-10(13)11(15)16/h7-10,14H,2-6H2,1H3,(H,15,16)/t7-,8+,9-,10-/m0/s1. The summed E-state index contributed by atoms with van der Waals surface area (Å²) in [5.41, 5.74) is 0. The van der Waals surface area contributed by atoms with Crippen LogP contribution in [0.2, 0.25) is 0 Å². The van der Waals surface area contributed by atoms with Gasteiger partial charge in [0.25, 0.3) is 0 Å². The molecule has 0 bridgehead atoms. The minimum Gasteiger partial charge on any atom is -0.480 e. The average molecular weight is 257 g/mol. The number of fused-ring (bicyclic) bond motifs is 1. The molecule has 4 atom stereocenters. The molecule has 1 amide bonds. The first-order valence-electron chi connectivity index (χ1n) is 6.28. The van der Waals surface area contributed by atoms with E-state index in [1.165, 1.54) is 12.0 Å². The van der Waals surface area contributed by atoms with E-state index in [1.54, 1.807) is 0 Å². The molecule has 2 aliphatic rings. The highest BCUT2D eigenvalue weighted by molar-refractivity contribution is 5.80. The zero-order valence-electron chi connectivity index (χ0n) is 10.4. The third-order valence-corrected chi connectivity index (χ3v) is 4.14. The quantitative estimate of drug-likeness (QED) is 0.721. The fourth-order valence-corrected chi connectivity index (χ4v) is 3.18. The number of rotatable bonds is 1. The second kappa shape index (κ2) is 5.14. The van der Waals surface area contributed by atoms with Crippen LogP contribution in [0.4, 0.5) is 4.79 Å². The van der Waals surface area contributed by atoms with Crippen molar-refractivity contribution in [2.24, 2.45) is 11.8 Å². The summed E-state index contributed by atoms with van der Waals surface area (Å²) >= 11 is 0. The van der Waals surface area contributed by atoms with Gasteiger partial charge >= 0.3 is 12.1 Å². The average Bonchev–Trinajstić information content (AvgIpc) is 2.36. The van der Waals surface area contributed by atoms with Crippen molar-refractivity contribution in [1.29, 1.82) is 0 Å². The van der Waals surface area contributed by atoms with Crippen LogP contribution in [0, 0.1) is 11.8 Å². The van der Waals surface area contributed by atoms with Crippen LogP contribution in [0.15, 0.2) is 0 Å². The number of hydrogen-bond acceptors (Lipinski definition) is 4. The van der Waals surface area contributed by atoms with E-state index >= 15 is 0 Å². The largest absolute Gasteiger partial charge is 0.480 e. The van der Waals surface area contributed by atoms with Crippen molar-refractivity contribution in [3.05, 3.63) is 0 Å². The molecule has 2 N–H and O–H groups in total. The van der Waals surface area contributed by atoms with Crippen LogP contribution in [0.3, 0.4) is 0 Å². The van der Waals surface area contributed by atoms with Gasteiger partial charge in [0.05, 0.1) is 13.2 Å². The van der Waals surface area contributed by atoms with Crippen molar-refractivity contribution in [1.82, 2.24) is 4.90 Å². The molecule has 6 nitrogen and oxygen atoms in total. The molecule has 6 heteroatoms. The maximum atomic E-state index is 11.6. The second-order valence-corrected chi connectivity index (χ2v) is 5.20. The number of carboxylic acids is 1. The molecule has 0 aromatic carbocycles. The van der Waals surface area contributed by atoms with Gasteiger partial charge in [0.1, 0.15) is 6.04 Å². The summed E-state index contributed by atoms with van der Waals surface area (Å²) in [6.45, 7) is 0.418. The molecular formula is C12H19NO5. The molecule has 2 rings (SSSR count). The first-order chi connectivity index (χ1) is 8.52. The van der Waals surface area contributed by atoms with E-state index in [1.807, 2.05) is 0 Å². The highest BCUT2D eigenvalue weighted by Crippen LogP contribution is 2.38. The molecule has 1 aliphatic carbocycles. The summed E-state index contributed by atoms with van der Waals surface area (Å²) in [6.07, 6.45) is 1.72. The number of carbonyl (C=O) groups is 2. The molecular weight excluding hydrogens is 238 g/mol. The Morgan fingerprint density at radius 2 is 1.94 bits per heavy atom. The summed E-state index contributed by atoms with van der Waals surface area (Å²) in [4.78, 5) is 24.1. The minimum atomic E-state index is -1.00. The minimum absolute atomic E-state index is 0.191. The summed E-state index contributed by atoms with van der Waals surface area (Å²) in [6, 6.07) is -0.830. The normalized spacial score (nSPS) is 35.8. The molecule has 2 fully saturated rings. The first kappa shape index (κ1) is 13.1. The van der Waals surface area contributed by atoms with E-state index in [9.17, 15) is 19.8 Å². The van der Waals surface area contributed by atoms with Gasteiger partial charge in [-0.25, -0.2) is 9.59 Å². The van der Waals surface area contributed by atoms with Gasteiger partial charge in [0.2, 0.25) is 0 Å². The number of carbonyl (C=O) groups excluding carboxylic acids is 1. The lowest BCUT2D eigenvalue weighted by atomic mass is 9.72. The molecule has 18 heavy (non-hydrogen) atoms. The van der Waals surface area contributed by atoms with Crippen LogP contribution >= 0.6 is 0 Å². The summed E-state index contributed by atoms with van der Waals surface area (Å²) in [7, 11) is 1.26. The van der Waals surface area contributed by atoms with Gasteiger partial charge in [-0.15, -0.1) is 0 Å². The number of amides is 1. The fraction of sp³-hybridized carbons (Fsp3) is 0.833. The van der Waals surface area contributed by atoms with E-state index in [4.69, 9.17) is 0 Å². The number of aliphatic hydroxyl groups excluding tert-OH is 1. The number of piperidine rings is 1. The number of hydrogen-bond donors (Lipinski definition) is 2. The number of carboxylic acid groups (broad SMARTS) is 1. The Kier molecular flexibility index (Phi) is 3.75. The molecule has 0 aromatic rings. The Morgan fingerprint density at radius 1 is 1.22 bits per heavy atom. The van der Waals surface area contributed by atoms with E-state index < -0.39 is 18.1 Å². The van der Waals surface area contributed by atoms with Crippen molar-refractivity contribution in [3.8, 4) is 0 Å². The first-order valence-corrected chi connectivity index (χ1v) is 6.28. The smallest absolute Gasteiger partial charge is 0.410 e. The van der Waals surface area contributed by atoms with Gasteiger partial charge in [-0.2, -0.15) is 0 Å². The molecule has 0 unspecified atom stereocenters. The highest BCUT2D eigenvalue weighted by atomic mass is 16.5. The maximum Gasteiger partial charge on any atom is 0.410 e. The second-order valence-electron chi connectivity index (χ2n) is 5.20. The molecule has 0 radical (unpaired) electrons. The van der Waals surface area contributed by atoms with Crippen molar-refractivity contribution in [2.75, 3.05) is 13.7 Å². The third-order valence-electron chi connectivity index (χ3n) is 4.14. The van der Waals surface area contributed by atoms with Gasteiger partial charge in [0.15, 0.2) is 0 Å². The van der Waals surface area contributed by atoms with Crippen LogP contribution in [0.1, 0.15) is 25.7 Å². The number of methoxy groups -OCH3 is 1. The topological polar surface area (TPSA) is 87.1 Å². The Bertz CT molecular complexity index is 345. The predicted molar refractivity (Wildman–Crippen MR) is 62.0 cm³/mol. The molecule has 1 aliphatic heterocycles. The van der Waals surface area contributed by atoms with E-state index in [0.29, 0.717) is 19.4 Å². The molecule has 0 aromatic heterocycles. The van der Waals surface area contributed by atoms with Crippen molar-refractivity contribution < 1.29 is 24.5 Å². The Balaban J connectivity index is 2.13. The summed E-state index contributed by atoms with van der Waals surface area (Å²) < 4.78 is 4.65. The van der Waals surface area contributed by atoms with Crippen LogP contribution < -0.4 is 0 Å². The predicted octanol–water partition coefficient (Wildman–Crippen LogP) is 0.689. The van der Waals surface area contributed by atoms with Gasteiger partial charge in [-0.05, 0) is 37.5 Å². The van der Waals surface area contributed by atoms with Crippen LogP contribution in [0.25, 0.3) is 0 Å². The third kappa shape index (κ3) is 2.43. The van der Waals surface area contributed by atoms with E-state index in [0.717, 1.165) is 12.8 Å². The molecule has 1 saturated carbocycles. The number of aliphatic carboxylic acids is 1. The van der Waals surface area contributed by atoms with E-state index in [-0.39, 0.29) is 17.9 Å². The molecule has 102 valence electrons. The van der Waals surface area contributed by atoms with Gasteiger partial charge in [-0.3, -0.25) is 4.90 Å². The number of aliphatic hydroxyl groups is 1. The SMILES string of the molecule is COC(=O)N1C[C@@H]2CC[C@H](O)C[C@@H]2C[C@H]1C(=O)O. The molecule has 1 saturated heterocycles. The van der Waals surface area contributed by atoms with Gasteiger partial charge < -0.3 is 14.9 Å². The number of ether oxygens (including phenoxy) is 1. The fourth-order valence-electron chi connectivity index (χ4n) is 3.18. The van der Waals surface area contributed by atoms with Crippen molar-refractivity contribution >= 4 is 12.1 Å². The van der Waals surface area contributed by atoms with Crippen molar-refractivity contribution in [2.45, 2.75) is 37.8 Å². The lowest BCUT2D eigenvalue weighted by Gasteiger charge is -2.44. The molecule has 0 spiro atoms. The zero-order valence-corrected chi connectivity index (χ0v) is 10.4. The lowest BCUT2D eigenvalue weighted by Crippen LogP contribution is -2.54. The zero-order chi connectivity index (χ0) is 13.3. The van der Waals surface area contributed by atoms with Gasteiger partial charge in [-0.1, -0.05) is 0 Å². The summed E-state index contributed by atoms with van der Waals surface area (Å²) in [5, 5.41) is 18.8. The van der Waals surface area contributed by atoms with Gasteiger partial charge in [0, 0.05) is 6.54 Å². The highest BCUT2D eigenvalue weighted by Gasteiger charge is 2.43. The Labute approximate surface area is 106 Å². The van der Waals surface area contributed by atoms with Crippen LogP contribution in [-0.2, 0) is 9.53 Å². The van der Waals surface area contributed by atoms with Crippen LogP contribution in [0.5, 0.6) is 0 Å². The Hall–Kier alpha value is -1.30. The van der Waals surface area contributed by atoms with E-state index in [2.05, 4.69) is 4.74 Å². The number of nitrogens with zero attached hydrogens (tertiary/aromatic N) is 1. The number of likely N-dealkylation sites (tertiary alicyclic amines) is 1. The molecule has 1 heterocycles. The maximum absolute atomic E-state index is 11.6. The van der Waals surface area contributed by atoms with Crippen molar-refractivity contribution in [3.63, 3.8) is 0 Å². The van der Waals surface area contributed by atoms with Crippen LogP contribution in [-0.4, -0.2) is 53.0 Å². The Morgan fingerprint density at radius 3 is 2.56 bits per heavy atom.